The topological polar surface area (TPSA) is 78.5 Å². The Morgan fingerprint density at radius 3 is 2.90 bits per heavy atom. The molecule has 3 rings (SSSR count). The number of rotatable bonds is 3. The van der Waals surface area contributed by atoms with Crippen LogP contribution in [0.1, 0.15) is 18.9 Å². The fourth-order valence-electron chi connectivity index (χ4n) is 2.90. The van der Waals surface area contributed by atoms with E-state index in [0.29, 0.717) is 13.1 Å². The van der Waals surface area contributed by atoms with Gasteiger partial charge in [-0.3, -0.25) is 4.79 Å². The number of fused-ring (bicyclic) bond motifs is 1. The first-order valence-corrected chi connectivity index (χ1v) is 8.60. The molecule has 1 atom stereocenters. The summed E-state index contributed by atoms with van der Waals surface area (Å²) >= 11 is 0. The molecule has 1 aromatic rings. The average molecular weight is 309 g/mol. The predicted molar refractivity (Wildman–Crippen MR) is 79.8 cm³/mol. The first-order valence-electron chi connectivity index (χ1n) is 7.11. The van der Waals surface area contributed by atoms with Crippen LogP contribution >= 0.6 is 0 Å². The van der Waals surface area contributed by atoms with Gasteiger partial charge in [-0.1, -0.05) is 6.07 Å². The molecule has 0 radical (unpaired) electrons. The van der Waals surface area contributed by atoms with Crippen LogP contribution in [0.5, 0.6) is 0 Å². The van der Waals surface area contributed by atoms with E-state index in [1.54, 1.807) is 23.1 Å². The van der Waals surface area contributed by atoms with Crippen LogP contribution in [0.2, 0.25) is 0 Å². The van der Waals surface area contributed by atoms with E-state index in [-0.39, 0.29) is 16.8 Å². The minimum absolute atomic E-state index is 0.0590. The molecule has 1 fully saturated rings. The number of anilines is 1. The number of nitrogens with one attached hydrogen (secondary N) is 2. The van der Waals surface area contributed by atoms with Gasteiger partial charge >= 0.3 is 0 Å². The van der Waals surface area contributed by atoms with Gasteiger partial charge in [-0.15, -0.1) is 0 Å². The molecule has 1 amide bonds. The van der Waals surface area contributed by atoms with Gasteiger partial charge in [-0.25, -0.2) is 13.1 Å². The highest BCUT2D eigenvalue weighted by Gasteiger charge is 2.27. The Bertz CT molecular complexity index is 666. The van der Waals surface area contributed by atoms with E-state index in [2.05, 4.69) is 10.0 Å². The van der Waals surface area contributed by atoms with Gasteiger partial charge in [0.05, 0.1) is 4.90 Å². The highest BCUT2D eigenvalue weighted by molar-refractivity contribution is 7.89. The van der Waals surface area contributed by atoms with Gasteiger partial charge in [-0.05, 0) is 37.1 Å². The SMILES string of the molecule is CC(=O)N1CCc2ccc(S(=O)(=O)N[C@H]3CCNC3)cc21. The molecular formula is C14H19N3O3S. The van der Waals surface area contributed by atoms with Crippen molar-refractivity contribution in [1.29, 1.82) is 0 Å². The predicted octanol–water partition coefficient (Wildman–Crippen LogP) is 0.236. The maximum absolute atomic E-state index is 12.4. The molecule has 0 aliphatic carbocycles. The van der Waals surface area contributed by atoms with E-state index in [1.165, 1.54) is 6.92 Å². The standard InChI is InChI=1S/C14H19N3O3S/c1-10(18)17-7-5-11-2-3-13(8-14(11)17)21(19,20)16-12-4-6-15-9-12/h2-3,8,12,15-16H,4-7,9H2,1H3/t12-/m0/s1. The molecule has 6 nitrogen and oxygen atoms in total. The van der Waals surface area contributed by atoms with Crippen molar-refractivity contribution in [3.05, 3.63) is 23.8 Å². The van der Waals surface area contributed by atoms with E-state index in [4.69, 9.17) is 0 Å². The van der Waals surface area contributed by atoms with Crippen molar-refractivity contribution in [2.45, 2.75) is 30.7 Å². The third kappa shape index (κ3) is 2.81. The Hall–Kier alpha value is -1.44. The number of hydrogen-bond acceptors (Lipinski definition) is 4. The number of nitrogens with zero attached hydrogens (tertiary/aromatic N) is 1. The van der Waals surface area contributed by atoms with Gasteiger partial charge in [0.1, 0.15) is 0 Å². The fourth-order valence-corrected chi connectivity index (χ4v) is 4.19. The van der Waals surface area contributed by atoms with E-state index in [0.717, 1.165) is 30.6 Å². The number of hydrogen-bond donors (Lipinski definition) is 2. The second-order valence-electron chi connectivity index (χ2n) is 5.52. The molecule has 2 N–H and O–H groups in total. The second-order valence-corrected chi connectivity index (χ2v) is 7.24. The van der Waals surface area contributed by atoms with E-state index >= 15 is 0 Å². The summed E-state index contributed by atoms with van der Waals surface area (Å²) in [5.41, 5.74) is 1.74. The summed E-state index contributed by atoms with van der Waals surface area (Å²) in [6.45, 7) is 3.60. The van der Waals surface area contributed by atoms with Crippen LogP contribution in [-0.4, -0.2) is 40.0 Å². The van der Waals surface area contributed by atoms with Crippen LogP contribution in [0.4, 0.5) is 5.69 Å². The molecule has 2 heterocycles. The lowest BCUT2D eigenvalue weighted by atomic mass is 10.2. The summed E-state index contributed by atoms with van der Waals surface area (Å²) in [5.74, 6) is -0.0590. The second kappa shape index (κ2) is 5.40. The molecule has 114 valence electrons. The van der Waals surface area contributed by atoms with Crippen LogP contribution in [0.3, 0.4) is 0 Å². The normalized spacial score (nSPS) is 21.6. The fraction of sp³-hybridized carbons (Fsp3) is 0.500. The largest absolute Gasteiger partial charge is 0.315 e. The minimum atomic E-state index is -3.54. The zero-order valence-corrected chi connectivity index (χ0v) is 12.7. The quantitative estimate of drug-likeness (QED) is 0.838. The van der Waals surface area contributed by atoms with Crippen LogP contribution in [-0.2, 0) is 21.2 Å². The Kier molecular flexibility index (Phi) is 3.73. The first-order chi connectivity index (χ1) is 9.97. The summed E-state index contributed by atoms with van der Waals surface area (Å²) in [6.07, 6.45) is 1.57. The van der Waals surface area contributed by atoms with Crippen molar-refractivity contribution in [2.24, 2.45) is 0 Å². The lowest BCUT2D eigenvalue weighted by Gasteiger charge is -2.17. The molecular weight excluding hydrogens is 290 g/mol. The monoisotopic (exact) mass is 309 g/mol. The smallest absolute Gasteiger partial charge is 0.240 e. The zero-order chi connectivity index (χ0) is 15.0. The summed E-state index contributed by atoms with van der Waals surface area (Å²) in [6, 6.07) is 4.97. The van der Waals surface area contributed by atoms with Crippen molar-refractivity contribution in [1.82, 2.24) is 10.0 Å². The van der Waals surface area contributed by atoms with Gasteiger partial charge in [0.15, 0.2) is 0 Å². The molecule has 0 unspecified atom stereocenters. The maximum atomic E-state index is 12.4. The molecule has 0 saturated carbocycles. The summed E-state index contributed by atoms with van der Waals surface area (Å²) < 4.78 is 27.6. The molecule has 0 spiro atoms. The van der Waals surface area contributed by atoms with Crippen molar-refractivity contribution in [3.63, 3.8) is 0 Å². The summed E-state index contributed by atoms with van der Waals surface area (Å²) in [7, 11) is -3.54. The van der Waals surface area contributed by atoms with Gasteiger partial charge in [0.2, 0.25) is 15.9 Å². The van der Waals surface area contributed by atoms with Crippen LogP contribution in [0.25, 0.3) is 0 Å². The zero-order valence-electron chi connectivity index (χ0n) is 11.9. The first kappa shape index (κ1) is 14.5. The van der Waals surface area contributed by atoms with E-state index in [1.807, 2.05) is 0 Å². The van der Waals surface area contributed by atoms with Crippen molar-refractivity contribution < 1.29 is 13.2 Å². The summed E-state index contributed by atoms with van der Waals surface area (Å²) in [4.78, 5) is 13.5. The van der Waals surface area contributed by atoms with Gasteiger partial charge in [-0.2, -0.15) is 0 Å². The molecule has 0 bridgehead atoms. The third-order valence-corrected chi connectivity index (χ3v) is 5.54. The average Bonchev–Trinajstić information content (AvgIpc) is 3.05. The number of carbonyl (C=O) groups excluding carboxylic acids is 1. The molecule has 0 aromatic heterocycles. The number of carbonyl (C=O) groups is 1. The highest BCUT2D eigenvalue weighted by Crippen LogP contribution is 2.30. The number of sulfonamides is 1. The lowest BCUT2D eigenvalue weighted by molar-refractivity contribution is -0.116. The van der Waals surface area contributed by atoms with Crippen LogP contribution in [0, 0.1) is 0 Å². The minimum Gasteiger partial charge on any atom is -0.315 e. The summed E-state index contributed by atoms with van der Waals surface area (Å²) in [5, 5.41) is 3.13. The van der Waals surface area contributed by atoms with E-state index in [9.17, 15) is 13.2 Å². The van der Waals surface area contributed by atoms with Gasteiger partial charge in [0, 0.05) is 31.7 Å². The van der Waals surface area contributed by atoms with E-state index < -0.39 is 10.0 Å². The maximum Gasteiger partial charge on any atom is 0.240 e. The van der Waals surface area contributed by atoms with Crippen LogP contribution < -0.4 is 14.9 Å². The molecule has 7 heteroatoms. The molecule has 2 aliphatic heterocycles. The molecule has 1 saturated heterocycles. The van der Waals surface area contributed by atoms with Gasteiger partial charge in [0.25, 0.3) is 0 Å². The number of benzene rings is 1. The Labute approximate surface area is 124 Å². The Morgan fingerprint density at radius 2 is 2.24 bits per heavy atom. The molecule has 1 aromatic carbocycles. The Balaban J connectivity index is 1.89. The Morgan fingerprint density at radius 1 is 1.43 bits per heavy atom. The highest BCUT2D eigenvalue weighted by atomic mass is 32.2. The van der Waals surface area contributed by atoms with Gasteiger partial charge < -0.3 is 10.2 Å². The number of amides is 1. The van der Waals surface area contributed by atoms with Crippen molar-refractivity contribution in [2.75, 3.05) is 24.5 Å². The third-order valence-electron chi connectivity index (χ3n) is 4.02. The molecule has 21 heavy (non-hydrogen) atoms. The molecule has 2 aliphatic rings. The van der Waals surface area contributed by atoms with Crippen molar-refractivity contribution >= 4 is 21.6 Å². The lowest BCUT2D eigenvalue weighted by Crippen LogP contribution is -2.36. The van der Waals surface area contributed by atoms with Crippen LogP contribution in [0.15, 0.2) is 23.1 Å². The van der Waals surface area contributed by atoms with Crippen molar-refractivity contribution in [3.8, 4) is 0 Å².